The van der Waals surface area contributed by atoms with Crippen LogP contribution in [0.1, 0.15) is 44.9 Å². The summed E-state index contributed by atoms with van der Waals surface area (Å²) >= 11 is 1.15. The van der Waals surface area contributed by atoms with Crippen LogP contribution < -0.4 is 21.7 Å². The Balaban J connectivity index is 2.04. The Bertz CT molecular complexity index is 1640. The number of methoxy groups -OCH3 is 1. The molecule has 13 heteroatoms. The molecule has 3 heterocycles. The van der Waals surface area contributed by atoms with Gasteiger partial charge >= 0.3 is 5.69 Å². The molecule has 11 nitrogen and oxygen atoms in total. The topological polar surface area (TPSA) is 136 Å². The fraction of sp³-hybridized carbons (Fsp3) is 0.423. The van der Waals surface area contributed by atoms with Gasteiger partial charge in [0.05, 0.1) is 31.4 Å². The van der Waals surface area contributed by atoms with Gasteiger partial charge in [-0.1, -0.05) is 25.2 Å². The highest BCUT2D eigenvalue weighted by atomic mass is 32.1. The van der Waals surface area contributed by atoms with Gasteiger partial charge in [-0.3, -0.25) is 14.2 Å². The molecule has 0 radical (unpaired) electrons. The molecule has 3 aromatic heterocycles. The maximum Gasteiger partial charge on any atom is 0.333 e. The number of carbonyl (C=O) groups is 1. The van der Waals surface area contributed by atoms with E-state index in [1.807, 2.05) is 13.8 Å². The summed E-state index contributed by atoms with van der Waals surface area (Å²) in [5.74, 6) is -0.841. The van der Waals surface area contributed by atoms with Crippen molar-refractivity contribution in [3.63, 3.8) is 0 Å². The van der Waals surface area contributed by atoms with Crippen LogP contribution in [-0.4, -0.2) is 43.8 Å². The highest BCUT2D eigenvalue weighted by molar-refractivity contribution is 7.21. The van der Waals surface area contributed by atoms with Crippen LogP contribution in [0.2, 0.25) is 0 Å². The zero-order chi connectivity index (χ0) is 28.6. The number of aromatic nitrogens is 5. The standard InChI is InChI=1S/C26H31FN6O5S/c1-14(2)13-38-19(17-11-16(27)7-8-18(17)37-6)12-31-23-20(15(3)22(39-23)33-29-9-10-30-33)21(34)32(25(31)36)26(4,5)24(28)35/h7-11,14,19H,12-13H2,1-6H3,(H2,28,35). The number of benzene rings is 1. The molecule has 39 heavy (non-hydrogen) atoms. The number of rotatable bonds is 10. The Morgan fingerprint density at radius 1 is 1.21 bits per heavy atom. The lowest BCUT2D eigenvalue weighted by Crippen LogP contribution is -2.54. The van der Waals surface area contributed by atoms with Gasteiger partial charge < -0.3 is 15.2 Å². The number of amides is 1. The van der Waals surface area contributed by atoms with E-state index >= 15 is 0 Å². The normalized spacial score (nSPS) is 12.8. The second kappa shape index (κ2) is 10.7. The Labute approximate surface area is 227 Å². The molecule has 0 fully saturated rings. The third kappa shape index (κ3) is 5.11. The predicted octanol–water partition coefficient (Wildman–Crippen LogP) is 2.90. The van der Waals surface area contributed by atoms with Crippen molar-refractivity contribution in [3.8, 4) is 10.8 Å². The molecule has 2 N–H and O–H groups in total. The van der Waals surface area contributed by atoms with E-state index < -0.39 is 34.6 Å². The van der Waals surface area contributed by atoms with E-state index in [1.54, 1.807) is 6.92 Å². The average molecular weight is 559 g/mol. The van der Waals surface area contributed by atoms with Crippen LogP contribution in [0.25, 0.3) is 15.2 Å². The molecule has 1 amide bonds. The molecular weight excluding hydrogens is 527 g/mol. The van der Waals surface area contributed by atoms with Gasteiger partial charge in [-0.15, -0.1) is 4.80 Å². The SMILES string of the molecule is COc1ccc(F)cc1C(Cn1c(=O)n(C(C)(C)C(N)=O)c(=O)c2c(C)c(-n3nccn3)sc21)OCC(C)C. The molecule has 208 valence electrons. The van der Waals surface area contributed by atoms with Crippen molar-refractivity contribution in [2.75, 3.05) is 13.7 Å². The Kier molecular flexibility index (Phi) is 7.75. The minimum atomic E-state index is -1.65. The highest BCUT2D eigenvalue weighted by Gasteiger charge is 2.34. The summed E-state index contributed by atoms with van der Waals surface area (Å²) in [6, 6.07) is 4.06. The number of hydrogen-bond acceptors (Lipinski definition) is 8. The highest BCUT2D eigenvalue weighted by Crippen LogP contribution is 2.34. The Morgan fingerprint density at radius 3 is 2.46 bits per heavy atom. The van der Waals surface area contributed by atoms with Crippen LogP contribution in [0.4, 0.5) is 4.39 Å². The van der Waals surface area contributed by atoms with Crippen LogP contribution in [-0.2, 0) is 21.6 Å². The smallest absolute Gasteiger partial charge is 0.333 e. The number of primary amides is 1. The number of fused-ring (bicyclic) bond motifs is 1. The first-order valence-electron chi connectivity index (χ1n) is 12.3. The summed E-state index contributed by atoms with van der Waals surface area (Å²) in [6.45, 7) is 8.67. The third-order valence-electron chi connectivity index (χ3n) is 6.47. The van der Waals surface area contributed by atoms with E-state index in [4.69, 9.17) is 15.2 Å². The number of aryl methyl sites for hydroxylation is 1. The molecule has 1 aromatic carbocycles. The average Bonchev–Trinajstić information content (AvgIpc) is 3.51. The number of nitrogens with two attached hydrogens (primary N) is 1. The molecule has 0 aliphatic rings. The molecule has 1 atom stereocenters. The molecular formula is C26H31FN6O5S. The first-order chi connectivity index (χ1) is 18.4. The second-order valence-corrected chi connectivity index (χ2v) is 11.1. The van der Waals surface area contributed by atoms with E-state index in [1.165, 1.54) is 60.9 Å². The van der Waals surface area contributed by atoms with Crippen molar-refractivity contribution in [3.05, 3.63) is 68.4 Å². The number of nitrogens with zero attached hydrogens (tertiary/aromatic N) is 5. The molecule has 1 unspecified atom stereocenters. The lowest BCUT2D eigenvalue weighted by atomic mass is 10.0. The second-order valence-electron chi connectivity index (χ2n) is 10.1. The van der Waals surface area contributed by atoms with Gasteiger partial charge in [-0.2, -0.15) is 10.2 Å². The van der Waals surface area contributed by atoms with Crippen molar-refractivity contribution in [2.45, 2.75) is 52.8 Å². The summed E-state index contributed by atoms with van der Waals surface area (Å²) in [4.78, 5) is 41.9. The summed E-state index contributed by atoms with van der Waals surface area (Å²) in [5.41, 5.74) is 3.49. The van der Waals surface area contributed by atoms with Gasteiger partial charge in [0, 0.05) is 17.7 Å². The van der Waals surface area contributed by atoms with Crippen molar-refractivity contribution >= 4 is 27.5 Å². The van der Waals surface area contributed by atoms with Gasteiger partial charge in [0.15, 0.2) is 0 Å². The molecule has 0 saturated heterocycles. The fourth-order valence-corrected chi connectivity index (χ4v) is 5.50. The van der Waals surface area contributed by atoms with Crippen molar-refractivity contribution in [1.29, 1.82) is 0 Å². The number of carbonyl (C=O) groups excluding carboxylic acids is 1. The lowest BCUT2D eigenvalue weighted by molar-refractivity contribution is -0.125. The van der Waals surface area contributed by atoms with Crippen LogP contribution in [0.3, 0.4) is 0 Å². The molecule has 0 spiro atoms. The fourth-order valence-electron chi connectivity index (χ4n) is 4.28. The van der Waals surface area contributed by atoms with Crippen molar-refractivity contribution < 1.29 is 18.7 Å². The number of halogens is 1. The van der Waals surface area contributed by atoms with Crippen LogP contribution >= 0.6 is 11.3 Å². The van der Waals surface area contributed by atoms with Crippen LogP contribution in [0.5, 0.6) is 5.75 Å². The first-order valence-corrected chi connectivity index (χ1v) is 13.1. The number of thiophene rings is 1. The minimum Gasteiger partial charge on any atom is -0.496 e. The third-order valence-corrected chi connectivity index (χ3v) is 7.75. The Hall–Kier alpha value is -3.84. The van der Waals surface area contributed by atoms with E-state index in [0.29, 0.717) is 33.3 Å². The van der Waals surface area contributed by atoms with E-state index in [0.717, 1.165) is 15.9 Å². The Morgan fingerprint density at radius 2 is 1.87 bits per heavy atom. The predicted molar refractivity (Wildman–Crippen MR) is 145 cm³/mol. The van der Waals surface area contributed by atoms with Crippen LogP contribution in [0.15, 0.2) is 40.2 Å². The zero-order valence-electron chi connectivity index (χ0n) is 22.6. The van der Waals surface area contributed by atoms with E-state index in [9.17, 15) is 18.8 Å². The van der Waals surface area contributed by atoms with Crippen molar-refractivity contribution in [2.24, 2.45) is 11.7 Å². The van der Waals surface area contributed by atoms with Gasteiger partial charge in [-0.05, 0) is 44.9 Å². The molecule has 4 rings (SSSR count). The van der Waals surface area contributed by atoms with E-state index in [-0.39, 0.29) is 17.8 Å². The summed E-state index contributed by atoms with van der Waals surface area (Å²) in [7, 11) is 1.46. The molecule has 0 saturated carbocycles. The molecule has 0 aliphatic heterocycles. The first kappa shape index (κ1) is 28.2. The lowest BCUT2D eigenvalue weighted by Gasteiger charge is -2.26. The zero-order valence-corrected chi connectivity index (χ0v) is 23.4. The largest absolute Gasteiger partial charge is 0.496 e. The maximum atomic E-state index is 14.4. The van der Waals surface area contributed by atoms with Gasteiger partial charge in [-0.25, -0.2) is 13.8 Å². The van der Waals surface area contributed by atoms with Gasteiger partial charge in [0.25, 0.3) is 5.56 Å². The quantitative estimate of drug-likeness (QED) is 0.316. The molecule has 4 aromatic rings. The van der Waals surface area contributed by atoms with E-state index in [2.05, 4.69) is 10.2 Å². The minimum absolute atomic E-state index is 0.108. The van der Waals surface area contributed by atoms with Gasteiger partial charge in [0.2, 0.25) is 5.91 Å². The monoisotopic (exact) mass is 558 g/mol. The van der Waals surface area contributed by atoms with Gasteiger partial charge in [0.1, 0.15) is 33.0 Å². The maximum absolute atomic E-state index is 14.4. The number of hydrogen-bond donors (Lipinski definition) is 1. The summed E-state index contributed by atoms with van der Waals surface area (Å²) < 4.78 is 28.3. The summed E-state index contributed by atoms with van der Waals surface area (Å²) in [6.07, 6.45) is 2.16. The van der Waals surface area contributed by atoms with Crippen molar-refractivity contribution in [1.82, 2.24) is 24.1 Å². The van der Waals surface area contributed by atoms with Crippen LogP contribution in [0, 0.1) is 18.7 Å². The molecule has 0 aliphatic carbocycles. The summed E-state index contributed by atoms with van der Waals surface area (Å²) in [5, 5.41) is 9.10. The number of ether oxygens (including phenoxy) is 2. The molecule has 0 bridgehead atoms.